The van der Waals surface area contributed by atoms with E-state index in [-0.39, 0.29) is 24.0 Å². The average Bonchev–Trinajstić information content (AvgIpc) is 2.63. The summed E-state index contributed by atoms with van der Waals surface area (Å²) in [5.41, 5.74) is 0. The van der Waals surface area contributed by atoms with Gasteiger partial charge in [0.05, 0.1) is 12.7 Å². The predicted molar refractivity (Wildman–Crippen MR) is 55.3 cm³/mol. The van der Waals surface area contributed by atoms with E-state index in [1.165, 1.54) is 0 Å². The molecule has 1 saturated carbocycles. The fourth-order valence-corrected chi connectivity index (χ4v) is 2.78. The molecule has 0 aromatic carbocycles. The molecule has 0 aromatic rings. The molecular weight excluding hydrogens is 194 g/mol. The van der Waals surface area contributed by atoms with Crippen LogP contribution >= 0.6 is 0 Å². The number of hydrogen-bond acceptors (Lipinski definition) is 4. The highest BCUT2D eigenvalue weighted by Crippen LogP contribution is 2.33. The van der Waals surface area contributed by atoms with Crippen molar-refractivity contribution in [3.05, 3.63) is 0 Å². The summed E-state index contributed by atoms with van der Waals surface area (Å²) in [6.07, 6.45) is 3.47. The molecule has 2 aliphatic rings. The van der Waals surface area contributed by atoms with Gasteiger partial charge in [0.1, 0.15) is 6.04 Å². The van der Waals surface area contributed by atoms with Crippen molar-refractivity contribution in [3.63, 3.8) is 0 Å². The number of esters is 1. The van der Waals surface area contributed by atoms with E-state index in [2.05, 4.69) is 5.32 Å². The second kappa shape index (κ2) is 4.49. The molecule has 1 saturated heterocycles. The molecule has 4 atom stereocenters. The summed E-state index contributed by atoms with van der Waals surface area (Å²) in [6.45, 7) is 2.24. The summed E-state index contributed by atoms with van der Waals surface area (Å²) in [7, 11) is 0. The predicted octanol–water partition coefficient (Wildman–Crippen LogP) is 0.441. The van der Waals surface area contributed by atoms with Crippen LogP contribution in [0.2, 0.25) is 0 Å². The Hall–Kier alpha value is -0.610. The van der Waals surface area contributed by atoms with Crippen molar-refractivity contribution in [3.8, 4) is 0 Å². The van der Waals surface area contributed by atoms with E-state index in [9.17, 15) is 9.90 Å². The Morgan fingerprint density at radius 3 is 3.00 bits per heavy atom. The van der Waals surface area contributed by atoms with Crippen LogP contribution in [0.3, 0.4) is 0 Å². The summed E-state index contributed by atoms with van der Waals surface area (Å²) in [5, 5.41) is 13.1. The van der Waals surface area contributed by atoms with Crippen LogP contribution in [0.15, 0.2) is 0 Å². The number of ether oxygens (including phenoxy) is 1. The van der Waals surface area contributed by atoms with Gasteiger partial charge in [0.15, 0.2) is 0 Å². The number of hydrogen-bond donors (Lipinski definition) is 2. The first kappa shape index (κ1) is 10.9. The lowest BCUT2D eigenvalue weighted by Gasteiger charge is -2.29. The van der Waals surface area contributed by atoms with Crippen LogP contribution in [0.25, 0.3) is 0 Å². The Kier molecular flexibility index (Phi) is 3.26. The normalized spacial score (nSPS) is 39.9. The smallest absolute Gasteiger partial charge is 0.323 e. The molecule has 1 heterocycles. The van der Waals surface area contributed by atoms with Gasteiger partial charge in [-0.05, 0) is 32.6 Å². The molecular formula is C11H19NO3. The highest BCUT2D eigenvalue weighted by Gasteiger charge is 2.42. The Labute approximate surface area is 90.0 Å². The third kappa shape index (κ3) is 2.16. The van der Waals surface area contributed by atoms with Gasteiger partial charge < -0.3 is 15.2 Å². The van der Waals surface area contributed by atoms with Crippen molar-refractivity contribution in [2.45, 2.75) is 50.8 Å². The Balaban J connectivity index is 1.94. The van der Waals surface area contributed by atoms with Crippen LogP contribution in [0, 0.1) is 5.92 Å². The SMILES string of the molecule is CCOC(=O)[C@@H]1C[C@@H]2[C@@H](O)CCC[C@H]2N1. The number of aliphatic hydroxyl groups excluding tert-OH is 1. The third-order valence-corrected chi connectivity index (χ3v) is 3.52. The second-order valence-corrected chi connectivity index (χ2v) is 4.48. The minimum Gasteiger partial charge on any atom is -0.465 e. The number of fused-ring (bicyclic) bond motifs is 1. The van der Waals surface area contributed by atoms with Crippen molar-refractivity contribution >= 4 is 5.97 Å². The molecule has 1 aliphatic carbocycles. The molecule has 1 aliphatic heterocycles. The van der Waals surface area contributed by atoms with Crippen molar-refractivity contribution in [1.29, 1.82) is 0 Å². The maximum absolute atomic E-state index is 11.5. The lowest BCUT2D eigenvalue weighted by Crippen LogP contribution is -2.40. The average molecular weight is 213 g/mol. The molecule has 86 valence electrons. The molecule has 15 heavy (non-hydrogen) atoms. The van der Waals surface area contributed by atoms with E-state index in [1.807, 2.05) is 6.92 Å². The maximum Gasteiger partial charge on any atom is 0.323 e. The first-order valence-electron chi connectivity index (χ1n) is 5.83. The van der Waals surface area contributed by atoms with E-state index in [4.69, 9.17) is 4.74 Å². The van der Waals surface area contributed by atoms with Crippen molar-refractivity contribution in [2.24, 2.45) is 5.92 Å². The topological polar surface area (TPSA) is 58.6 Å². The molecule has 2 fully saturated rings. The summed E-state index contributed by atoms with van der Waals surface area (Å²) in [6, 6.07) is 0.107. The molecule has 4 nitrogen and oxygen atoms in total. The van der Waals surface area contributed by atoms with Gasteiger partial charge in [-0.15, -0.1) is 0 Å². The van der Waals surface area contributed by atoms with Crippen molar-refractivity contribution in [2.75, 3.05) is 6.61 Å². The van der Waals surface area contributed by atoms with Gasteiger partial charge in [-0.2, -0.15) is 0 Å². The number of nitrogens with one attached hydrogen (secondary N) is 1. The first-order chi connectivity index (χ1) is 7.22. The second-order valence-electron chi connectivity index (χ2n) is 4.48. The Morgan fingerprint density at radius 2 is 2.33 bits per heavy atom. The van der Waals surface area contributed by atoms with Gasteiger partial charge in [0, 0.05) is 12.0 Å². The Bertz CT molecular complexity index is 244. The number of carbonyl (C=O) groups excluding carboxylic acids is 1. The van der Waals surface area contributed by atoms with Crippen molar-refractivity contribution in [1.82, 2.24) is 5.32 Å². The van der Waals surface area contributed by atoms with Crippen molar-refractivity contribution < 1.29 is 14.6 Å². The molecule has 2 N–H and O–H groups in total. The fourth-order valence-electron chi connectivity index (χ4n) is 2.78. The van der Waals surface area contributed by atoms with E-state index in [0.29, 0.717) is 12.6 Å². The third-order valence-electron chi connectivity index (χ3n) is 3.52. The van der Waals surface area contributed by atoms with Crippen LogP contribution in [0.1, 0.15) is 32.6 Å². The van der Waals surface area contributed by atoms with Crippen LogP contribution in [0.4, 0.5) is 0 Å². The summed E-state index contributed by atoms with van der Waals surface area (Å²) in [5.74, 6) is 0.0762. The van der Waals surface area contributed by atoms with E-state index in [1.54, 1.807) is 0 Å². The summed E-state index contributed by atoms with van der Waals surface area (Å²) < 4.78 is 4.98. The van der Waals surface area contributed by atoms with Crippen LogP contribution < -0.4 is 5.32 Å². The monoisotopic (exact) mass is 213 g/mol. The van der Waals surface area contributed by atoms with Crippen LogP contribution in [-0.2, 0) is 9.53 Å². The highest BCUT2D eigenvalue weighted by molar-refractivity contribution is 5.76. The minimum atomic E-state index is -0.240. The molecule has 2 rings (SSSR count). The minimum absolute atomic E-state index is 0.167. The molecule has 0 bridgehead atoms. The summed E-state index contributed by atoms with van der Waals surface area (Å²) in [4.78, 5) is 11.5. The zero-order valence-electron chi connectivity index (χ0n) is 9.11. The number of rotatable bonds is 2. The van der Waals surface area contributed by atoms with Crippen LogP contribution in [-0.4, -0.2) is 35.9 Å². The lowest BCUT2D eigenvalue weighted by molar-refractivity contribution is -0.145. The molecule has 0 spiro atoms. The lowest BCUT2D eigenvalue weighted by atomic mass is 9.82. The fraction of sp³-hybridized carbons (Fsp3) is 0.909. The van der Waals surface area contributed by atoms with E-state index < -0.39 is 0 Å². The maximum atomic E-state index is 11.5. The molecule has 0 amide bonds. The van der Waals surface area contributed by atoms with E-state index in [0.717, 1.165) is 25.7 Å². The van der Waals surface area contributed by atoms with Gasteiger partial charge in [-0.1, -0.05) is 0 Å². The van der Waals surface area contributed by atoms with Gasteiger partial charge in [-0.3, -0.25) is 4.79 Å². The number of carbonyl (C=O) groups is 1. The number of aliphatic hydroxyl groups is 1. The molecule has 4 heteroatoms. The molecule has 0 unspecified atom stereocenters. The molecule has 0 aromatic heterocycles. The highest BCUT2D eigenvalue weighted by atomic mass is 16.5. The summed E-state index contributed by atoms with van der Waals surface area (Å²) >= 11 is 0. The zero-order valence-corrected chi connectivity index (χ0v) is 9.11. The first-order valence-corrected chi connectivity index (χ1v) is 5.83. The van der Waals surface area contributed by atoms with Gasteiger partial charge in [0.2, 0.25) is 0 Å². The standard InChI is InChI=1S/C11H19NO3/c1-2-15-11(14)9-6-7-8(12-9)4-3-5-10(7)13/h7-10,12-13H,2-6H2,1H3/t7-,8+,9-,10-/m0/s1. The Morgan fingerprint density at radius 1 is 1.53 bits per heavy atom. The molecule has 0 radical (unpaired) electrons. The largest absolute Gasteiger partial charge is 0.465 e. The van der Waals surface area contributed by atoms with Gasteiger partial charge >= 0.3 is 5.97 Å². The van der Waals surface area contributed by atoms with Crippen LogP contribution in [0.5, 0.6) is 0 Å². The quantitative estimate of drug-likeness (QED) is 0.654. The zero-order chi connectivity index (χ0) is 10.8. The van der Waals surface area contributed by atoms with E-state index >= 15 is 0 Å². The van der Waals surface area contributed by atoms with Gasteiger partial charge in [-0.25, -0.2) is 0 Å². The van der Waals surface area contributed by atoms with Gasteiger partial charge in [0.25, 0.3) is 0 Å².